The summed E-state index contributed by atoms with van der Waals surface area (Å²) < 4.78 is 5.02. The monoisotopic (exact) mass is 222 g/mol. The summed E-state index contributed by atoms with van der Waals surface area (Å²) in [6.45, 7) is 2.72. The van der Waals surface area contributed by atoms with Gasteiger partial charge in [0, 0.05) is 32.8 Å². The van der Waals surface area contributed by atoms with Crippen molar-refractivity contribution in [3.8, 4) is 0 Å². The first-order valence-electron chi connectivity index (χ1n) is 5.72. The molecule has 0 radical (unpaired) electrons. The van der Waals surface area contributed by atoms with Crippen LogP contribution >= 0.6 is 0 Å². The van der Waals surface area contributed by atoms with Gasteiger partial charge < -0.3 is 15.4 Å². The van der Waals surface area contributed by atoms with Gasteiger partial charge in [-0.15, -0.1) is 0 Å². The molecule has 2 N–H and O–H groups in total. The summed E-state index contributed by atoms with van der Waals surface area (Å²) in [6, 6.07) is 10.3. The van der Waals surface area contributed by atoms with Crippen molar-refractivity contribution in [2.75, 3.05) is 33.9 Å². The molecule has 1 atom stereocenters. The third-order valence-electron chi connectivity index (χ3n) is 2.62. The Morgan fingerprint density at radius 2 is 2.00 bits per heavy atom. The minimum absolute atomic E-state index is 0.0914. The molecule has 16 heavy (non-hydrogen) atoms. The molecule has 1 unspecified atom stereocenters. The summed E-state index contributed by atoms with van der Waals surface area (Å²) >= 11 is 0. The Hall–Kier alpha value is -0.900. The van der Waals surface area contributed by atoms with Gasteiger partial charge in [0.1, 0.15) is 0 Å². The van der Waals surface area contributed by atoms with E-state index in [2.05, 4.69) is 24.1 Å². The molecule has 0 saturated heterocycles. The van der Waals surface area contributed by atoms with E-state index in [1.54, 1.807) is 7.11 Å². The number of ether oxygens (including phenoxy) is 1. The summed E-state index contributed by atoms with van der Waals surface area (Å²) in [5, 5.41) is 0. The highest BCUT2D eigenvalue weighted by atomic mass is 16.5. The number of nitrogens with zero attached hydrogens (tertiary/aromatic N) is 1. The Kier molecular flexibility index (Phi) is 6.08. The SMILES string of the molecule is COCCCN(C)CC(N)c1ccccc1. The number of hydrogen-bond donors (Lipinski definition) is 1. The lowest BCUT2D eigenvalue weighted by Crippen LogP contribution is -2.30. The standard InChI is InChI=1S/C13H22N2O/c1-15(9-6-10-16-2)11-13(14)12-7-4-3-5-8-12/h3-5,7-8,13H,6,9-11,14H2,1-2H3. The van der Waals surface area contributed by atoms with E-state index in [4.69, 9.17) is 10.5 Å². The van der Waals surface area contributed by atoms with Crippen LogP contribution in [0.3, 0.4) is 0 Å². The van der Waals surface area contributed by atoms with E-state index >= 15 is 0 Å². The Labute approximate surface area is 98.2 Å². The summed E-state index contributed by atoms with van der Waals surface area (Å²) in [6.07, 6.45) is 1.05. The highest BCUT2D eigenvalue weighted by Gasteiger charge is 2.08. The van der Waals surface area contributed by atoms with E-state index < -0.39 is 0 Å². The second-order valence-electron chi connectivity index (χ2n) is 4.13. The van der Waals surface area contributed by atoms with Crippen molar-refractivity contribution >= 4 is 0 Å². The van der Waals surface area contributed by atoms with Gasteiger partial charge in [-0.1, -0.05) is 30.3 Å². The average Bonchev–Trinajstić information content (AvgIpc) is 2.30. The Morgan fingerprint density at radius 1 is 1.31 bits per heavy atom. The Morgan fingerprint density at radius 3 is 2.62 bits per heavy atom. The van der Waals surface area contributed by atoms with E-state index in [0.29, 0.717) is 0 Å². The van der Waals surface area contributed by atoms with Gasteiger partial charge in [0.2, 0.25) is 0 Å². The Bertz CT molecular complexity index is 277. The zero-order chi connectivity index (χ0) is 11.8. The van der Waals surface area contributed by atoms with Crippen molar-refractivity contribution in [1.82, 2.24) is 4.90 Å². The second-order valence-corrected chi connectivity index (χ2v) is 4.13. The van der Waals surface area contributed by atoms with Crippen LogP contribution in [0.1, 0.15) is 18.0 Å². The highest BCUT2D eigenvalue weighted by Crippen LogP contribution is 2.10. The first-order chi connectivity index (χ1) is 7.74. The maximum atomic E-state index is 6.13. The fourth-order valence-corrected chi connectivity index (χ4v) is 1.71. The van der Waals surface area contributed by atoms with Gasteiger partial charge in [-0.25, -0.2) is 0 Å². The van der Waals surface area contributed by atoms with Crippen LogP contribution in [0.25, 0.3) is 0 Å². The second kappa shape index (κ2) is 7.39. The number of benzene rings is 1. The van der Waals surface area contributed by atoms with Gasteiger partial charge in [-0.05, 0) is 19.0 Å². The Balaban J connectivity index is 2.31. The average molecular weight is 222 g/mol. The number of nitrogens with two attached hydrogens (primary N) is 1. The van der Waals surface area contributed by atoms with Crippen LogP contribution in [0.5, 0.6) is 0 Å². The largest absolute Gasteiger partial charge is 0.385 e. The summed E-state index contributed by atoms with van der Waals surface area (Å²) in [5.41, 5.74) is 7.32. The van der Waals surface area contributed by atoms with Crippen molar-refractivity contribution in [2.45, 2.75) is 12.5 Å². The van der Waals surface area contributed by atoms with E-state index in [9.17, 15) is 0 Å². The number of likely N-dealkylation sites (N-methyl/N-ethyl adjacent to an activating group) is 1. The van der Waals surface area contributed by atoms with Crippen LogP contribution in [0, 0.1) is 0 Å². The molecule has 90 valence electrons. The predicted molar refractivity (Wildman–Crippen MR) is 67.4 cm³/mol. The lowest BCUT2D eigenvalue weighted by Gasteiger charge is -2.21. The third-order valence-corrected chi connectivity index (χ3v) is 2.62. The van der Waals surface area contributed by atoms with E-state index in [1.165, 1.54) is 5.56 Å². The highest BCUT2D eigenvalue weighted by molar-refractivity contribution is 5.18. The molecule has 0 heterocycles. The van der Waals surface area contributed by atoms with Crippen LogP contribution < -0.4 is 5.73 Å². The zero-order valence-corrected chi connectivity index (χ0v) is 10.2. The molecule has 0 amide bonds. The fraction of sp³-hybridized carbons (Fsp3) is 0.538. The van der Waals surface area contributed by atoms with Crippen LogP contribution in [0.4, 0.5) is 0 Å². The normalized spacial score (nSPS) is 13.0. The molecule has 3 heteroatoms. The van der Waals surface area contributed by atoms with Crippen molar-refractivity contribution in [2.24, 2.45) is 5.73 Å². The molecular weight excluding hydrogens is 200 g/mol. The van der Waals surface area contributed by atoms with Crippen molar-refractivity contribution in [1.29, 1.82) is 0 Å². The lowest BCUT2D eigenvalue weighted by molar-refractivity contribution is 0.177. The summed E-state index contributed by atoms with van der Waals surface area (Å²) in [5.74, 6) is 0. The van der Waals surface area contributed by atoms with Gasteiger partial charge >= 0.3 is 0 Å². The van der Waals surface area contributed by atoms with Crippen LogP contribution in [-0.2, 0) is 4.74 Å². The molecular formula is C13H22N2O. The van der Waals surface area contributed by atoms with Crippen LogP contribution in [0.2, 0.25) is 0 Å². The first kappa shape index (κ1) is 13.2. The van der Waals surface area contributed by atoms with Gasteiger partial charge in [0.25, 0.3) is 0 Å². The van der Waals surface area contributed by atoms with E-state index in [-0.39, 0.29) is 6.04 Å². The molecule has 0 saturated carbocycles. The predicted octanol–water partition coefficient (Wildman–Crippen LogP) is 1.65. The van der Waals surface area contributed by atoms with Crippen LogP contribution in [-0.4, -0.2) is 38.8 Å². The third kappa shape index (κ3) is 4.75. The molecule has 0 aliphatic carbocycles. The minimum Gasteiger partial charge on any atom is -0.385 e. The quantitative estimate of drug-likeness (QED) is 0.713. The molecule has 0 bridgehead atoms. The van der Waals surface area contributed by atoms with Crippen molar-refractivity contribution in [3.63, 3.8) is 0 Å². The topological polar surface area (TPSA) is 38.5 Å². The molecule has 3 nitrogen and oxygen atoms in total. The molecule has 0 spiro atoms. The molecule has 1 aromatic carbocycles. The van der Waals surface area contributed by atoms with Crippen LogP contribution in [0.15, 0.2) is 30.3 Å². The van der Waals surface area contributed by atoms with Gasteiger partial charge in [0.15, 0.2) is 0 Å². The zero-order valence-electron chi connectivity index (χ0n) is 10.2. The summed E-state index contributed by atoms with van der Waals surface area (Å²) in [4.78, 5) is 2.25. The molecule has 0 aliphatic rings. The smallest absolute Gasteiger partial charge is 0.0474 e. The minimum atomic E-state index is 0.0914. The van der Waals surface area contributed by atoms with Gasteiger partial charge in [-0.3, -0.25) is 0 Å². The maximum absolute atomic E-state index is 6.13. The molecule has 0 aliphatic heterocycles. The lowest BCUT2D eigenvalue weighted by atomic mass is 10.1. The van der Waals surface area contributed by atoms with Gasteiger partial charge in [0.05, 0.1) is 0 Å². The van der Waals surface area contributed by atoms with Crippen molar-refractivity contribution in [3.05, 3.63) is 35.9 Å². The molecule has 1 aromatic rings. The first-order valence-corrected chi connectivity index (χ1v) is 5.72. The van der Waals surface area contributed by atoms with E-state index in [0.717, 1.165) is 26.1 Å². The number of methoxy groups -OCH3 is 1. The molecule has 0 fully saturated rings. The van der Waals surface area contributed by atoms with Crippen molar-refractivity contribution < 1.29 is 4.74 Å². The summed E-state index contributed by atoms with van der Waals surface area (Å²) in [7, 11) is 3.83. The molecule has 0 aromatic heterocycles. The van der Waals surface area contributed by atoms with E-state index in [1.807, 2.05) is 18.2 Å². The van der Waals surface area contributed by atoms with Gasteiger partial charge in [-0.2, -0.15) is 0 Å². The number of rotatable bonds is 7. The molecule has 1 rings (SSSR count). The number of hydrogen-bond acceptors (Lipinski definition) is 3. The maximum Gasteiger partial charge on any atom is 0.0474 e. The fourth-order valence-electron chi connectivity index (χ4n) is 1.71.